The standard InChI is InChI=1S/C34H36F3N3O4/c1-21-5-6-22(13-32(21)44-20-23-11-26-14-27(33(42)43-4)16-30(26)38-17-23)12-31(41)24-7-8-25(29(15-24)34(35,36)37)18-40-10-9-28(19-40)39(2)3/h5-8,11,13-15,17,28H,9-10,12,16,18-20H2,1-4H3. The van der Waals surface area contributed by atoms with E-state index >= 15 is 0 Å². The maximum atomic E-state index is 14.1. The molecule has 1 aliphatic carbocycles. The minimum absolute atomic E-state index is 0.0281. The van der Waals surface area contributed by atoms with Gasteiger partial charge in [-0.25, -0.2) is 4.79 Å². The molecular formula is C34H36F3N3O4. The van der Waals surface area contributed by atoms with Crippen molar-refractivity contribution in [1.29, 1.82) is 0 Å². The minimum Gasteiger partial charge on any atom is -0.489 e. The van der Waals surface area contributed by atoms with Crippen LogP contribution < -0.4 is 4.74 Å². The van der Waals surface area contributed by atoms with E-state index in [1.165, 1.54) is 19.2 Å². The number of likely N-dealkylation sites (N-methyl/N-ethyl adjacent to an activating group) is 1. The van der Waals surface area contributed by atoms with Crippen LogP contribution >= 0.6 is 0 Å². The number of pyridine rings is 1. The highest BCUT2D eigenvalue weighted by Crippen LogP contribution is 2.34. The number of aromatic nitrogens is 1. The van der Waals surface area contributed by atoms with Crippen LogP contribution in [0.4, 0.5) is 13.2 Å². The van der Waals surface area contributed by atoms with Gasteiger partial charge in [-0.3, -0.25) is 14.7 Å². The number of esters is 1. The summed E-state index contributed by atoms with van der Waals surface area (Å²) in [6.45, 7) is 3.72. The van der Waals surface area contributed by atoms with Crippen molar-refractivity contribution in [3.05, 3.63) is 98.9 Å². The summed E-state index contributed by atoms with van der Waals surface area (Å²) in [6, 6.07) is 11.5. The molecule has 1 saturated heterocycles. The van der Waals surface area contributed by atoms with Crippen LogP contribution in [0.2, 0.25) is 0 Å². The second-order valence-electron chi connectivity index (χ2n) is 11.7. The van der Waals surface area contributed by atoms with Crippen LogP contribution in [0.5, 0.6) is 5.75 Å². The van der Waals surface area contributed by atoms with Gasteiger partial charge >= 0.3 is 12.1 Å². The van der Waals surface area contributed by atoms with Crippen molar-refractivity contribution in [2.45, 2.75) is 51.6 Å². The number of aryl methyl sites for hydroxylation is 1. The Kier molecular flexibility index (Phi) is 9.22. The summed E-state index contributed by atoms with van der Waals surface area (Å²) in [4.78, 5) is 33.6. The number of nitrogens with zero attached hydrogens (tertiary/aromatic N) is 3. The molecule has 3 aromatic rings. The van der Waals surface area contributed by atoms with Gasteiger partial charge in [-0.2, -0.15) is 13.2 Å². The molecule has 1 fully saturated rings. The predicted octanol–water partition coefficient (Wildman–Crippen LogP) is 5.66. The topological polar surface area (TPSA) is 72.0 Å². The number of halogens is 3. The number of Topliss-reactive ketones (excluding diaryl/α,β-unsaturated/α-hetero) is 1. The largest absolute Gasteiger partial charge is 0.489 e. The number of ether oxygens (including phenoxy) is 2. The van der Waals surface area contributed by atoms with Gasteiger partial charge in [0.05, 0.1) is 18.4 Å². The van der Waals surface area contributed by atoms with E-state index in [1.807, 2.05) is 38.1 Å². The molecule has 0 spiro atoms. The minimum atomic E-state index is -4.57. The molecule has 44 heavy (non-hydrogen) atoms. The highest BCUT2D eigenvalue weighted by Gasteiger charge is 2.35. The lowest BCUT2D eigenvalue weighted by atomic mass is 9.97. The molecule has 0 bridgehead atoms. The zero-order valence-electron chi connectivity index (χ0n) is 25.3. The summed E-state index contributed by atoms with van der Waals surface area (Å²) < 4.78 is 53.1. The van der Waals surface area contributed by atoms with E-state index in [2.05, 4.69) is 9.88 Å². The average molecular weight is 608 g/mol. The van der Waals surface area contributed by atoms with Gasteiger partial charge < -0.3 is 14.4 Å². The second-order valence-corrected chi connectivity index (χ2v) is 11.7. The van der Waals surface area contributed by atoms with Crippen molar-refractivity contribution in [3.8, 4) is 5.75 Å². The summed E-state index contributed by atoms with van der Waals surface area (Å²) in [7, 11) is 5.30. The molecule has 7 nitrogen and oxygen atoms in total. The fourth-order valence-electron chi connectivity index (χ4n) is 5.72. The van der Waals surface area contributed by atoms with Crippen LogP contribution in [0.15, 0.2) is 54.2 Å². The number of ketones is 1. The van der Waals surface area contributed by atoms with E-state index in [-0.39, 0.29) is 36.7 Å². The van der Waals surface area contributed by atoms with Crippen LogP contribution in [0.1, 0.15) is 55.9 Å². The molecule has 0 radical (unpaired) electrons. The van der Waals surface area contributed by atoms with Crippen molar-refractivity contribution in [2.24, 2.45) is 0 Å². The lowest BCUT2D eigenvalue weighted by Crippen LogP contribution is -2.31. The average Bonchev–Trinajstić information content (AvgIpc) is 3.64. The number of alkyl halides is 3. The van der Waals surface area contributed by atoms with Crippen molar-refractivity contribution in [3.63, 3.8) is 0 Å². The summed E-state index contributed by atoms with van der Waals surface area (Å²) in [5.41, 5.74) is 3.91. The lowest BCUT2D eigenvalue weighted by Gasteiger charge is -2.22. The molecule has 2 aliphatic rings. The summed E-state index contributed by atoms with van der Waals surface area (Å²) in [5.74, 6) is -0.218. The lowest BCUT2D eigenvalue weighted by molar-refractivity contribution is -0.138. The van der Waals surface area contributed by atoms with Crippen molar-refractivity contribution < 1.29 is 32.2 Å². The van der Waals surface area contributed by atoms with Crippen LogP contribution in [0.3, 0.4) is 0 Å². The van der Waals surface area contributed by atoms with Crippen LogP contribution in [0.25, 0.3) is 6.08 Å². The van der Waals surface area contributed by atoms with E-state index in [0.717, 1.165) is 41.4 Å². The fraction of sp³-hybridized carbons (Fsp3) is 0.382. The summed E-state index contributed by atoms with van der Waals surface area (Å²) in [6.07, 6.45) is 0.153. The van der Waals surface area contributed by atoms with Gasteiger partial charge in [-0.05, 0) is 74.0 Å². The van der Waals surface area contributed by atoms with E-state index in [4.69, 9.17) is 9.47 Å². The number of likely N-dealkylation sites (tertiary alicyclic amines) is 1. The van der Waals surface area contributed by atoms with Crippen LogP contribution in [-0.2, 0) is 41.7 Å². The number of rotatable bonds is 10. The zero-order valence-corrected chi connectivity index (χ0v) is 25.3. The zero-order chi connectivity index (χ0) is 31.6. The molecule has 1 aromatic heterocycles. The number of carbonyl (C=O) groups excluding carboxylic acids is 2. The van der Waals surface area contributed by atoms with Gasteiger partial charge in [0.25, 0.3) is 0 Å². The van der Waals surface area contributed by atoms with Crippen molar-refractivity contribution >= 4 is 17.8 Å². The first-order chi connectivity index (χ1) is 20.9. The number of carbonyl (C=O) groups is 2. The molecule has 0 amide bonds. The molecule has 2 aromatic carbocycles. The van der Waals surface area contributed by atoms with Crippen LogP contribution in [0, 0.1) is 6.92 Å². The Morgan fingerprint density at radius 1 is 1.09 bits per heavy atom. The maximum Gasteiger partial charge on any atom is 0.416 e. The molecule has 1 unspecified atom stereocenters. The first kappa shape index (κ1) is 31.4. The normalized spacial score (nSPS) is 16.6. The molecule has 232 valence electrons. The van der Waals surface area contributed by atoms with Gasteiger partial charge in [0.2, 0.25) is 0 Å². The van der Waals surface area contributed by atoms with Gasteiger partial charge in [0, 0.05) is 61.4 Å². The third kappa shape index (κ3) is 7.19. The smallest absolute Gasteiger partial charge is 0.416 e. The third-order valence-corrected chi connectivity index (χ3v) is 8.32. The summed E-state index contributed by atoms with van der Waals surface area (Å²) in [5, 5.41) is 0. The Morgan fingerprint density at radius 2 is 1.89 bits per heavy atom. The number of hydrogen-bond donors (Lipinski definition) is 0. The van der Waals surface area contributed by atoms with Crippen molar-refractivity contribution in [1.82, 2.24) is 14.8 Å². The number of methoxy groups -OCH3 is 1. The highest BCUT2D eigenvalue weighted by atomic mass is 19.4. The van der Waals surface area contributed by atoms with Crippen LogP contribution in [-0.4, -0.2) is 66.9 Å². The van der Waals surface area contributed by atoms with E-state index in [0.29, 0.717) is 35.9 Å². The van der Waals surface area contributed by atoms with E-state index < -0.39 is 17.5 Å². The fourth-order valence-corrected chi connectivity index (χ4v) is 5.72. The first-order valence-corrected chi connectivity index (χ1v) is 14.5. The Bertz CT molecular complexity index is 1600. The summed E-state index contributed by atoms with van der Waals surface area (Å²) >= 11 is 0. The van der Waals surface area contributed by atoms with E-state index in [9.17, 15) is 22.8 Å². The predicted molar refractivity (Wildman–Crippen MR) is 160 cm³/mol. The Labute approximate surface area is 255 Å². The van der Waals surface area contributed by atoms with Gasteiger partial charge in [0.15, 0.2) is 5.78 Å². The molecule has 0 N–H and O–H groups in total. The Balaban J connectivity index is 1.26. The molecule has 1 aliphatic heterocycles. The van der Waals surface area contributed by atoms with E-state index in [1.54, 1.807) is 24.4 Å². The Morgan fingerprint density at radius 3 is 2.59 bits per heavy atom. The maximum absolute atomic E-state index is 14.1. The first-order valence-electron chi connectivity index (χ1n) is 14.5. The number of fused-ring (bicyclic) bond motifs is 1. The molecule has 10 heteroatoms. The molecule has 5 rings (SSSR count). The molecule has 1 atom stereocenters. The molecule has 2 heterocycles. The highest BCUT2D eigenvalue weighted by molar-refractivity contribution is 5.98. The van der Waals surface area contributed by atoms with Gasteiger partial charge in [-0.1, -0.05) is 24.3 Å². The van der Waals surface area contributed by atoms with Gasteiger partial charge in [0.1, 0.15) is 12.4 Å². The third-order valence-electron chi connectivity index (χ3n) is 8.32. The second kappa shape index (κ2) is 12.9. The Hall–Kier alpha value is -4.02. The molecule has 0 saturated carbocycles. The SMILES string of the molecule is COC(=O)C1=Cc2cc(COc3cc(CC(=O)c4ccc(CN5CCC(N(C)C)C5)c(C(F)(F)F)c4)ccc3C)cnc2C1. The number of hydrogen-bond acceptors (Lipinski definition) is 7. The number of benzene rings is 2. The monoisotopic (exact) mass is 607 g/mol. The van der Waals surface area contributed by atoms with Gasteiger partial charge in [-0.15, -0.1) is 0 Å². The molecular weight excluding hydrogens is 571 g/mol. The quantitative estimate of drug-likeness (QED) is 0.218. The van der Waals surface area contributed by atoms with Crippen molar-refractivity contribution in [2.75, 3.05) is 34.3 Å².